The van der Waals surface area contributed by atoms with Gasteiger partial charge in [-0.15, -0.1) is 0 Å². The van der Waals surface area contributed by atoms with E-state index in [2.05, 4.69) is 279 Å². The monoisotopic (exact) mass is 874 g/mol. The van der Waals surface area contributed by atoms with E-state index in [9.17, 15) is 0 Å². The second-order valence-corrected chi connectivity index (χ2v) is 23.6. The second kappa shape index (κ2) is 16.2. The van der Waals surface area contributed by atoms with Crippen molar-refractivity contribution in [2.24, 2.45) is 0 Å². The molecule has 2 nitrogen and oxygen atoms in total. The van der Waals surface area contributed by atoms with E-state index in [4.69, 9.17) is 0 Å². The molecule has 12 rings (SSSR count). The smallest absolute Gasteiger partial charge is 0.153 e. The van der Waals surface area contributed by atoms with Crippen LogP contribution in [-0.2, 0) is 0 Å². The lowest BCUT2D eigenvalue weighted by atomic mass is 9.96. The average molecular weight is 875 g/mol. The summed E-state index contributed by atoms with van der Waals surface area (Å²) < 4.78 is 4.99. The van der Waals surface area contributed by atoms with Crippen LogP contribution in [0.15, 0.2) is 249 Å². The van der Waals surface area contributed by atoms with E-state index >= 15 is 0 Å². The Morgan fingerprint density at radius 2 is 0.806 bits per heavy atom. The molecule has 0 aliphatic carbocycles. The van der Waals surface area contributed by atoms with Gasteiger partial charge >= 0.3 is 0 Å². The van der Waals surface area contributed by atoms with Crippen molar-refractivity contribution in [3.05, 3.63) is 249 Å². The Morgan fingerprint density at radius 3 is 1.48 bits per heavy atom. The molecule has 0 atom stereocenters. The topological polar surface area (TPSA) is 9.86 Å². The SMILES string of the molecule is CC(C)(C)[Si](c1ccccc1)(c1ccccc1)c1ccc2c3c(-c4cccc(-c5ccccc5)c4)cccc3n(-c3ccc4c(c3)c3ccccc3n4-c3cccc(-c4ccccc4)c3)c2c1. The number of aromatic nitrogens is 2. The Morgan fingerprint density at radius 1 is 0.299 bits per heavy atom. The van der Waals surface area contributed by atoms with Crippen LogP contribution in [0.4, 0.5) is 0 Å². The number of rotatable bonds is 8. The zero-order valence-corrected chi connectivity index (χ0v) is 39.1. The van der Waals surface area contributed by atoms with Gasteiger partial charge in [0.2, 0.25) is 0 Å². The summed E-state index contributed by atoms with van der Waals surface area (Å²) in [4.78, 5) is 0. The van der Waals surface area contributed by atoms with Crippen molar-refractivity contribution < 1.29 is 0 Å². The second-order valence-electron chi connectivity index (χ2n) is 18.9. The maximum Gasteiger partial charge on any atom is 0.153 e. The molecule has 0 unspecified atom stereocenters. The summed E-state index contributed by atoms with van der Waals surface area (Å²) in [5.74, 6) is 0. The van der Waals surface area contributed by atoms with Crippen LogP contribution in [0.3, 0.4) is 0 Å². The van der Waals surface area contributed by atoms with Crippen molar-refractivity contribution in [1.29, 1.82) is 0 Å². The van der Waals surface area contributed by atoms with Gasteiger partial charge < -0.3 is 9.13 Å². The summed E-state index contributed by atoms with van der Waals surface area (Å²) in [6.45, 7) is 7.36. The molecule has 0 N–H and O–H groups in total. The molecule has 12 aromatic rings. The average Bonchev–Trinajstić information content (AvgIpc) is 3.90. The van der Waals surface area contributed by atoms with Gasteiger partial charge in [-0.25, -0.2) is 0 Å². The Bertz CT molecular complexity index is 3730. The molecule has 0 fully saturated rings. The lowest BCUT2D eigenvalue weighted by molar-refractivity contribution is 0.739. The predicted molar refractivity (Wildman–Crippen MR) is 289 cm³/mol. The highest BCUT2D eigenvalue weighted by atomic mass is 28.3. The Balaban J connectivity index is 1.15. The van der Waals surface area contributed by atoms with Gasteiger partial charge in [-0.3, -0.25) is 0 Å². The number of hydrogen-bond acceptors (Lipinski definition) is 0. The molecule has 0 aliphatic heterocycles. The van der Waals surface area contributed by atoms with Crippen molar-refractivity contribution in [3.63, 3.8) is 0 Å². The minimum absolute atomic E-state index is 0.0676. The first-order valence-corrected chi connectivity index (χ1v) is 25.4. The summed E-state index contributed by atoms with van der Waals surface area (Å²) >= 11 is 0. The normalized spacial score (nSPS) is 12.1. The van der Waals surface area contributed by atoms with Crippen molar-refractivity contribution in [2.45, 2.75) is 25.8 Å². The lowest BCUT2D eigenvalue weighted by Gasteiger charge is -2.44. The lowest BCUT2D eigenvalue weighted by Crippen LogP contribution is -2.72. The van der Waals surface area contributed by atoms with Gasteiger partial charge in [0.1, 0.15) is 0 Å². The first kappa shape index (κ1) is 40.5. The summed E-state index contributed by atoms with van der Waals surface area (Å²) in [5.41, 5.74) is 14.3. The molecule has 0 saturated carbocycles. The molecular formula is C64H50N2Si. The highest BCUT2D eigenvalue weighted by Crippen LogP contribution is 2.43. The number of benzene rings is 10. The fraction of sp³-hybridized carbons (Fsp3) is 0.0625. The molecule has 2 heterocycles. The molecular weight excluding hydrogens is 825 g/mol. The molecule has 0 aliphatic rings. The van der Waals surface area contributed by atoms with Crippen molar-refractivity contribution in [1.82, 2.24) is 9.13 Å². The van der Waals surface area contributed by atoms with Gasteiger partial charge in [-0.2, -0.15) is 0 Å². The maximum absolute atomic E-state index is 2.70. The van der Waals surface area contributed by atoms with E-state index in [0.29, 0.717) is 0 Å². The zero-order chi connectivity index (χ0) is 45.1. The highest BCUT2D eigenvalue weighted by Gasteiger charge is 2.49. The van der Waals surface area contributed by atoms with Gasteiger partial charge in [0.15, 0.2) is 8.07 Å². The van der Waals surface area contributed by atoms with Crippen LogP contribution in [0.1, 0.15) is 20.8 Å². The number of hydrogen-bond donors (Lipinski definition) is 0. The van der Waals surface area contributed by atoms with E-state index < -0.39 is 8.07 Å². The fourth-order valence-electron chi connectivity index (χ4n) is 11.3. The Kier molecular flexibility index (Phi) is 9.78. The van der Waals surface area contributed by atoms with Crippen LogP contribution in [0, 0.1) is 0 Å². The van der Waals surface area contributed by atoms with Crippen molar-refractivity contribution >= 4 is 67.2 Å². The zero-order valence-electron chi connectivity index (χ0n) is 38.1. The minimum atomic E-state index is -2.70. The van der Waals surface area contributed by atoms with Crippen molar-refractivity contribution in [2.75, 3.05) is 0 Å². The van der Waals surface area contributed by atoms with Gasteiger partial charge in [0.05, 0.1) is 22.1 Å². The highest BCUT2D eigenvalue weighted by molar-refractivity contribution is 7.13. The summed E-state index contributed by atoms with van der Waals surface area (Å²) in [6, 6.07) is 92.5. The number of para-hydroxylation sites is 1. The van der Waals surface area contributed by atoms with E-state index in [0.717, 1.165) is 11.4 Å². The third-order valence-electron chi connectivity index (χ3n) is 14.2. The van der Waals surface area contributed by atoms with Crippen LogP contribution in [0.2, 0.25) is 5.04 Å². The minimum Gasteiger partial charge on any atom is -0.309 e. The van der Waals surface area contributed by atoms with E-state index in [-0.39, 0.29) is 5.04 Å². The van der Waals surface area contributed by atoms with Crippen LogP contribution < -0.4 is 15.6 Å². The number of fused-ring (bicyclic) bond motifs is 6. The van der Waals surface area contributed by atoms with Crippen molar-refractivity contribution in [3.8, 4) is 44.8 Å². The Hall–Kier alpha value is -7.98. The third-order valence-corrected chi connectivity index (χ3v) is 20.0. The standard InChI is InChI=1S/C64H50N2Si/c1-64(2,3)67(52-29-12-6-13-30-52,53-31-14-7-15-32-53)54-38-39-57-62(44-54)66(61-36-20-34-55(63(57)61)49-27-18-25-47(41-49)45-21-8-4-9-22-45)51-37-40-60-58(43-51)56-33-16-17-35-59(56)65(60)50-28-19-26-48(42-50)46-23-10-5-11-24-46/h4-44H,1-3H3. The van der Waals surface area contributed by atoms with Crippen LogP contribution in [-0.4, -0.2) is 17.2 Å². The first-order chi connectivity index (χ1) is 32.9. The molecule has 67 heavy (non-hydrogen) atoms. The van der Waals surface area contributed by atoms with E-state index in [1.54, 1.807) is 0 Å². The van der Waals surface area contributed by atoms with Crippen LogP contribution in [0.5, 0.6) is 0 Å². The summed E-state index contributed by atoms with van der Waals surface area (Å²) in [6.07, 6.45) is 0. The number of nitrogens with zero attached hydrogens (tertiary/aromatic N) is 2. The first-order valence-electron chi connectivity index (χ1n) is 23.4. The molecule has 10 aromatic carbocycles. The van der Waals surface area contributed by atoms with Gasteiger partial charge in [0.25, 0.3) is 0 Å². The quantitative estimate of drug-likeness (QED) is 0.106. The van der Waals surface area contributed by atoms with E-state index in [1.807, 2.05) is 0 Å². The Labute approximate surface area is 393 Å². The van der Waals surface area contributed by atoms with Gasteiger partial charge in [-0.05, 0) is 109 Å². The summed E-state index contributed by atoms with van der Waals surface area (Å²) in [5, 5.41) is 9.13. The molecule has 0 bridgehead atoms. The fourth-order valence-corrected chi connectivity index (χ4v) is 17.0. The molecule has 0 radical (unpaired) electrons. The summed E-state index contributed by atoms with van der Waals surface area (Å²) in [7, 11) is -2.70. The van der Waals surface area contributed by atoms with Crippen LogP contribution in [0.25, 0.3) is 88.4 Å². The molecule has 0 amide bonds. The molecule has 0 spiro atoms. The van der Waals surface area contributed by atoms with E-state index in [1.165, 1.54) is 92.6 Å². The van der Waals surface area contributed by atoms with Crippen LogP contribution >= 0.6 is 0 Å². The largest absolute Gasteiger partial charge is 0.309 e. The maximum atomic E-state index is 2.57. The molecule has 3 heteroatoms. The third kappa shape index (κ3) is 6.61. The predicted octanol–water partition coefficient (Wildman–Crippen LogP) is 15.2. The molecule has 2 aromatic heterocycles. The van der Waals surface area contributed by atoms with Gasteiger partial charge in [-0.1, -0.05) is 215 Å². The molecule has 0 saturated heterocycles. The molecule has 320 valence electrons. The van der Waals surface area contributed by atoms with Gasteiger partial charge in [0, 0.05) is 32.9 Å².